The molecular weight excluding hydrogens is 170 g/mol. The van der Waals surface area contributed by atoms with E-state index in [1.807, 2.05) is 0 Å². The maximum atomic E-state index is 3.55. The molecule has 1 N–H and O–H groups in total. The first-order valence-electron chi connectivity index (χ1n) is 5.35. The van der Waals surface area contributed by atoms with Crippen LogP contribution in [0.15, 0.2) is 18.2 Å². The molecule has 1 rings (SSSR count). The molecule has 0 radical (unpaired) electrons. The van der Waals surface area contributed by atoms with Gasteiger partial charge < -0.3 is 5.32 Å². The topological polar surface area (TPSA) is 12.0 Å². The molecule has 1 nitrogen and oxygen atoms in total. The molecule has 0 spiro atoms. The predicted octanol–water partition coefficient (Wildman–Crippen LogP) is 3.76. The van der Waals surface area contributed by atoms with Gasteiger partial charge in [0.25, 0.3) is 0 Å². The monoisotopic (exact) mass is 191 g/mol. The van der Waals surface area contributed by atoms with Gasteiger partial charge in [0.05, 0.1) is 0 Å². The second-order valence-corrected chi connectivity index (χ2v) is 4.42. The van der Waals surface area contributed by atoms with Gasteiger partial charge in [-0.05, 0) is 43.9 Å². The predicted molar refractivity (Wildman–Crippen MR) is 63.8 cm³/mol. The second-order valence-electron chi connectivity index (χ2n) is 4.42. The highest BCUT2D eigenvalue weighted by Crippen LogP contribution is 2.20. The third-order valence-electron chi connectivity index (χ3n) is 2.99. The van der Waals surface area contributed by atoms with Crippen molar-refractivity contribution in [3.8, 4) is 0 Å². The quantitative estimate of drug-likeness (QED) is 0.767. The van der Waals surface area contributed by atoms with E-state index in [1.165, 1.54) is 16.8 Å². The summed E-state index contributed by atoms with van der Waals surface area (Å²) in [7, 11) is 0. The van der Waals surface area contributed by atoms with Crippen LogP contribution in [0.25, 0.3) is 0 Å². The molecule has 0 aliphatic carbocycles. The van der Waals surface area contributed by atoms with Gasteiger partial charge in [0.1, 0.15) is 0 Å². The Labute approximate surface area is 87.5 Å². The van der Waals surface area contributed by atoms with Crippen molar-refractivity contribution in [2.75, 3.05) is 5.32 Å². The molecule has 0 aliphatic rings. The van der Waals surface area contributed by atoms with Crippen molar-refractivity contribution in [2.45, 2.75) is 40.7 Å². The zero-order valence-corrected chi connectivity index (χ0v) is 9.89. The van der Waals surface area contributed by atoms with Gasteiger partial charge in [-0.15, -0.1) is 0 Å². The van der Waals surface area contributed by atoms with Crippen LogP contribution in [0, 0.1) is 19.8 Å². The highest BCUT2D eigenvalue weighted by atomic mass is 14.9. The van der Waals surface area contributed by atoms with Crippen molar-refractivity contribution in [3.63, 3.8) is 0 Å². The van der Waals surface area contributed by atoms with Gasteiger partial charge in [-0.25, -0.2) is 0 Å². The van der Waals surface area contributed by atoms with E-state index >= 15 is 0 Å². The Morgan fingerprint density at radius 3 is 2.29 bits per heavy atom. The van der Waals surface area contributed by atoms with Crippen molar-refractivity contribution < 1.29 is 0 Å². The first-order chi connectivity index (χ1) is 6.52. The molecule has 0 saturated heterocycles. The number of rotatable bonds is 3. The van der Waals surface area contributed by atoms with Crippen LogP contribution in [0.5, 0.6) is 0 Å². The summed E-state index contributed by atoms with van der Waals surface area (Å²) in [4.78, 5) is 0. The first kappa shape index (κ1) is 11.1. The van der Waals surface area contributed by atoms with E-state index in [1.54, 1.807) is 0 Å². The van der Waals surface area contributed by atoms with Crippen molar-refractivity contribution in [1.29, 1.82) is 0 Å². The van der Waals surface area contributed by atoms with Crippen LogP contribution < -0.4 is 5.32 Å². The Bertz CT molecular complexity index is 302. The molecule has 0 saturated carbocycles. The molecule has 14 heavy (non-hydrogen) atoms. The number of hydrogen-bond donors (Lipinski definition) is 1. The fraction of sp³-hybridized carbons (Fsp3) is 0.538. The molecular formula is C13H21N. The molecule has 78 valence electrons. The fourth-order valence-electron chi connectivity index (χ4n) is 1.32. The van der Waals surface area contributed by atoms with Crippen LogP contribution in [0.2, 0.25) is 0 Å². The molecule has 0 fully saturated rings. The van der Waals surface area contributed by atoms with Gasteiger partial charge in [0.15, 0.2) is 0 Å². The average Bonchev–Trinajstić information content (AvgIpc) is 2.12. The lowest BCUT2D eigenvalue weighted by molar-refractivity contribution is 0.559. The Balaban J connectivity index is 2.82. The summed E-state index contributed by atoms with van der Waals surface area (Å²) in [5.74, 6) is 0.662. The molecule has 0 heterocycles. The number of benzene rings is 1. The van der Waals surface area contributed by atoms with Gasteiger partial charge in [-0.3, -0.25) is 0 Å². The zero-order chi connectivity index (χ0) is 10.7. The molecule has 0 aliphatic heterocycles. The number of anilines is 1. The second kappa shape index (κ2) is 4.50. The average molecular weight is 191 g/mol. The summed E-state index contributed by atoms with van der Waals surface area (Å²) >= 11 is 0. The van der Waals surface area contributed by atoms with E-state index in [0.717, 1.165) is 0 Å². The highest BCUT2D eigenvalue weighted by molar-refractivity contribution is 5.54. The smallest absolute Gasteiger partial charge is 0.0374 e. The van der Waals surface area contributed by atoms with E-state index < -0.39 is 0 Å². The standard InChI is InChI=1S/C13H21N/c1-9(2)12(5)14-13-8-6-7-10(3)11(13)4/h6-9,12,14H,1-5H3/t12-/m0/s1. The summed E-state index contributed by atoms with van der Waals surface area (Å²) in [6, 6.07) is 6.94. The fourth-order valence-corrected chi connectivity index (χ4v) is 1.32. The maximum Gasteiger partial charge on any atom is 0.0374 e. The molecule has 1 atom stereocenters. The molecule has 1 heteroatoms. The molecule has 0 amide bonds. The van der Waals surface area contributed by atoms with Crippen LogP contribution in [0.3, 0.4) is 0 Å². The van der Waals surface area contributed by atoms with Crippen molar-refractivity contribution in [3.05, 3.63) is 29.3 Å². The minimum Gasteiger partial charge on any atom is -0.382 e. The molecule has 1 aromatic carbocycles. The zero-order valence-electron chi connectivity index (χ0n) is 9.89. The third kappa shape index (κ3) is 2.50. The largest absolute Gasteiger partial charge is 0.382 e. The molecule has 0 unspecified atom stereocenters. The van der Waals surface area contributed by atoms with Gasteiger partial charge in [-0.2, -0.15) is 0 Å². The van der Waals surface area contributed by atoms with Crippen molar-refractivity contribution in [2.24, 2.45) is 5.92 Å². The number of aryl methyl sites for hydroxylation is 1. The summed E-state index contributed by atoms with van der Waals surface area (Å²) < 4.78 is 0. The van der Waals surface area contributed by atoms with Gasteiger partial charge in [0, 0.05) is 11.7 Å². The summed E-state index contributed by atoms with van der Waals surface area (Å²) in [5, 5.41) is 3.55. The Kier molecular flexibility index (Phi) is 3.56. The number of nitrogens with one attached hydrogen (secondary N) is 1. The molecule has 0 aromatic heterocycles. The SMILES string of the molecule is Cc1cccc(N[C@@H](C)C(C)C)c1C. The van der Waals surface area contributed by atoms with Crippen molar-refractivity contribution >= 4 is 5.69 Å². The maximum absolute atomic E-state index is 3.55. The Morgan fingerprint density at radius 2 is 1.71 bits per heavy atom. The minimum absolute atomic E-state index is 0.524. The van der Waals surface area contributed by atoms with Crippen LogP contribution >= 0.6 is 0 Å². The van der Waals surface area contributed by atoms with E-state index in [4.69, 9.17) is 0 Å². The van der Waals surface area contributed by atoms with Crippen LogP contribution in [0.1, 0.15) is 31.9 Å². The third-order valence-corrected chi connectivity index (χ3v) is 2.99. The summed E-state index contributed by atoms with van der Waals surface area (Å²) in [6.07, 6.45) is 0. The molecule has 0 bridgehead atoms. The Hall–Kier alpha value is -0.980. The van der Waals surface area contributed by atoms with E-state index in [0.29, 0.717) is 12.0 Å². The Morgan fingerprint density at radius 1 is 1.07 bits per heavy atom. The van der Waals surface area contributed by atoms with Gasteiger partial charge in [-0.1, -0.05) is 26.0 Å². The van der Waals surface area contributed by atoms with E-state index in [9.17, 15) is 0 Å². The van der Waals surface area contributed by atoms with Crippen LogP contribution in [-0.4, -0.2) is 6.04 Å². The van der Waals surface area contributed by atoms with E-state index in [2.05, 4.69) is 58.1 Å². The molecule has 1 aromatic rings. The first-order valence-corrected chi connectivity index (χ1v) is 5.35. The van der Waals surface area contributed by atoms with Crippen LogP contribution in [0.4, 0.5) is 5.69 Å². The van der Waals surface area contributed by atoms with Gasteiger partial charge in [0.2, 0.25) is 0 Å². The van der Waals surface area contributed by atoms with Crippen molar-refractivity contribution in [1.82, 2.24) is 0 Å². The lowest BCUT2D eigenvalue weighted by Gasteiger charge is -2.20. The number of hydrogen-bond acceptors (Lipinski definition) is 1. The highest BCUT2D eigenvalue weighted by Gasteiger charge is 2.08. The lowest BCUT2D eigenvalue weighted by Crippen LogP contribution is -2.22. The normalized spacial score (nSPS) is 13.0. The minimum atomic E-state index is 0.524. The van der Waals surface area contributed by atoms with Gasteiger partial charge >= 0.3 is 0 Å². The lowest BCUT2D eigenvalue weighted by atomic mass is 10.0. The van der Waals surface area contributed by atoms with Crippen LogP contribution in [-0.2, 0) is 0 Å². The summed E-state index contributed by atoms with van der Waals surface area (Å²) in [6.45, 7) is 11.0. The summed E-state index contributed by atoms with van der Waals surface area (Å²) in [5.41, 5.74) is 3.98. The van der Waals surface area contributed by atoms with E-state index in [-0.39, 0.29) is 0 Å².